The number of hydrogen-bond donors (Lipinski definition) is 0. The first kappa shape index (κ1) is 17.6. The van der Waals surface area contributed by atoms with Crippen LogP contribution < -0.4 is 0 Å². The van der Waals surface area contributed by atoms with Crippen molar-refractivity contribution in [3.63, 3.8) is 0 Å². The largest absolute Gasteiger partial charge is 0.464 e. The van der Waals surface area contributed by atoms with Crippen LogP contribution in [0.5, 0.6) is 0 Å². The SMILES string of the molecule is CC(C)(C)c1cc(-c2ncnc3sc4cc5occc5cc4c23)cc2ccccc12. The maximum absolute atomic E-state index is 5.61. The molecule has 0 aliphatic rings. The van der Waals surface area contributed by atoms with Gasteiger partial charge in [0.25, 0.3) is 0 Å². The van der Waals surface area contributed by atoms with E-state index in [-0.39, 0.29) is 5.41 Å². The molecule has 0 bridgehead atoms. The minimum absolute atomic E-state index is 0.0292. The summed E-state index contributed by atoms with van der Waals surface area (Å²) in [6.45, 7) is 6.80. The molecule has 0 atom stereocenters. The Balaban J connectivity index is 1.72. The van der Waals surface area contributed by atoms with E-state index >= 15 is 0 Å². The number of nitrogens with zero attached hydrogens (tertiary/aromatic N) is 2. The summed E-state index contributed by atoms with van der Waals surface area (Å²) < 4.78 is 6.78. The van der Waals surface area contributed by atoms with E-state index < -0.39 is 0 Å². The highest BCUT2D eigenvalue weighted by molar-refractivity contribution is 7.25. The molecule has 4 heteroatoms. The quantitative estimate of drug-likeness (QED) is 0.280. The Morgan fingerprint density at radius 2 is 1.73 bits per heavy atom. The maximum Gasteiger partial charge on any atom is 0.135 e. The molecule has 3 heterocycles. The van der Waals surface area contributed by atoms with Crippen LogP contribution in [0.15, 0.2) is 71.6 Å². The topological polar surface area (TPSA) is 38.9 Å². The second-order valence-electron chi connectivity index (χ2n) is 8.81. The first-order valence-electron chi connectivity index (χ1n) is 10.1. The first-order valence-corrected chi connectivity index (χ1v) is 10.9. The summed E-state index contributed by atoms with van der Waals surface area (Å²) in [6, 6.07) is 19.5. The lowest BCUT2D eigenvalue weighted by molar-refractivity contribution is 0.596. The van der Waals surface area contributed by atoms with Crippen molar-refractivity contribution in [3.05, 3.63) is 72.8 Å². The summed E-state index contributed by atoms with van der Waals surface area (Å²) in [5.74, 6) is 0. The summed E-state index contributed by atoms with van der Waals surface area (Å²) in [4.78, 5) is 10.4. The lowest BCUT2D eigenvalue weighted by Crippen LogP contribution is -2.12. The first-order chi connectivity index (χ1) is 14.5. The molecule has 30 heavy (non-hydrogen) atoms. The predicted molar refractivity (Wildman–Crippen MR) is 126 cm³/mol. The number of fused-ring (bicyclic) bond motifs is 5. The molecule has 0 spiro atoms. The Morgan fingerprint density at radius 1 is 0.867 bits per heavy atom. The van der Waals surface area contributed by atoms with Gasteiger partial charge in [0.15, 0.2) is 0 Å². The standard InChI is InChI=1S/C26H20N2OS/c1-26(2,3)20-12-17(10-15-6-4-5-7-18(15)20)24-23-19-11-16-8-9-29-21(16)13-22(19)30-25(23)28-14-27-24/h4-14H,1-3H3. The van der Waals surface area contributed by atoms with Gasteiger partial charge in [0, 0.05) is 26.4 Å². The van der Waals surface area contributed by atoms with Gasteiger partial charge in [0.05, 0.1) is 12.0 Å². The second-order valence-corrected chi connectivity index (χ2v) is 9.84. The molecule has 0 aliphatic carbocycles. The number of hydrogen-bond acceptors (Lipinski definition) is 4. The van der Waals surface area contributed by atoms with Crippen molar-refractivity contribution >= 4 is 53.4 Å². The molecule has 3 nitrogen and oxygen atoms in total. The molecular weight excluding hydrogens is 388 g/mol. The maximum atomic E-state index is 5.61. The van der Waals surface area contributed by atoms with Crippen LogP contribution in [0, 0.1) is 0 Å². The summed E-state index contributed by atoms with van der Waals surface area (Å²) in [6.07, 6.45) is 3.43. The zero-order valence-corrected chi connectivity index (χ0v) is 17.9. The van der Waals surface area contributed by atoms with Crippen LogP contribution in [-0.2, 0) is 5.41 Å². The number of benzene rings is 3. The Hall–Kier alpha value is -3.24. The smallest absolute Gasteiger partial charge is 0.135 e. The van der Waals surface area contributed by atoms with E-state index in [2.05, 4.69) is 74.3 Å². The molecule has 0 fully saturated rings. The fraction of sp³-hybridized carbons (Fsp3) is 0.154. The van der Waals surface area contributed by atoms with Crippen LogP contribution in [0.2, 0.25) is 0 Å². The van der Waals surface area contributed by atoms with Gasteiger partial charge in [-0.3, -0.25) is 0 Å². The van der Waals surface area contributed by atoms with Crippen LogP contribution in [0.1, 0.15) is 26.3 Å². The highest BCUT2D eigenvalue weighted by Gasteiger charge is 2.20. The van der Waals surface area contributed by atoms with E-state index in [9.17, 15) is 0 Å². The van der Waals surface area contributed by atoms with Crippen LogP contribution in [0.4, 0.5) is 0 Å². The van der Waals surface area contributed by atoms with E-state index in [4.69, 9.17) is 9.40 Å². The summed E-state index contributed by atoms with van der Waals surface area (Å²) in [7, 11) is 0. The monoisotopic (exact) mass is 408 g/mol. The normalized spacial score (nSPS) is 12.5. The van der Waals surface area contributed by atoms with Crippen molar-refractivity contribution in [2.75, 3.05) is 0 Å². The third-order valence-corrected chi connectivity index (χ3v) is 6.85. The van der Waals surface area contributed by atoms with E-state index in [1.165, 1.54) is 26.4 Å². The minimum Gasteiger partial charge on any atom is -0.464 e. The lowest BCUT2D eigenvalue weighted by Gasteiger charge is -2.22. The average molecular weight is 409 g/mol. The van der Waals surface area contributed by atoms with Crippen LogP contribution >= 0.6 is 11.3 Å². The molecule has 3 aromatic heterocycles. The van der Waals surface area contributed by atoms with E-state index in [0.717, 1.165) is 32.4 Å². The number of thiophene rings is 1. The highest BCUT2D eigenvalue weighted by Crippen LogP contribution is 2.41. The molecular formula is C26H20N2OS. The van der Waals surface area contributed by atoms with Crippen molar-refractivity contribution in [1.82, 2.24) is 9.97 Å². The van der Waals surface area contributed by atoms with E-state index in [1.54, 1.807) is 23.9 Å². The van der Waals surface area contributed by atoms with Gasteiger partial charge in [-0.1, -0.05) is 45.0 Å². The van der Waals surface area contributed by atoms with Gasteiger partial charge in [0.1, 0.15) is 16.7 Å². The Morgan fingerprint density at radius 3 is 2.60 bits per heavy atom. The highest BCUT2D eigenvalue weighted by atomic mass is 32.1. The molecule has 6 rings (SSSR count). The average Bonchev–Trinajstić information content (AvgIpc) is 3.33. The summed E-state index contributed by atoms with van der Waals surface area (Å²) >= 11 is 1.69. The van der Waals surface area contributed by atoms with Crippen LogP contribution in [-0.4, -0.2) is 9.97 Å². The molecule has 6 aromatic rings. The summed E-state index contributed by atoms with van der Waals surface area (Å²) in [5, 5.41) is 5.95. The van der Waals surface area contributed by atoms with E-state index in [0.29, 0.717) is 0 Å². The lowest BCUT2D eigenvalue weighted by atomic mass is 9.82. The fourth-order valence-electron chi connectivity index (χ4n) is 4.35. The van der Waals surface area contributed by atoms with Gasteiger partial charge < -0.3 is 4.42 Å². The van der Waals surface area contributed by atoms with Gasteiger partial charge >= 0.3 is 0 Å². The van der Waals surface area contributed by atoms with Crippen LogP contribution in [0.25, 0.3) is 53.3 Å². The molecule has 0 N–H and O–H groups in total. The molecule has 0 unspecified atom stereocenters. The van der Waals surface area contributed by atoms with E-state index in [1.807, 2.05) is 6.07 Å². The van der Waals surface area contributed by atoms with Crippen LogP contribution in [0.3, 0.4) is 0 Å². The fourth-order valence-corrected chi connectivity index (χ4v) is 5.40. The molecule has 0 aliphatic heterocycles. The Bertz CT molecular complexity index is 1580. The van der Waals surface area contributed by atoms with Crippen molar-refractivity contribution < 1.29 is 4.42 Å². The van der Waals surface area contributed by atoms with Crippen molar-refractivity contribution in [1.29, 1.82) is 0 Å². The Kier molecular flexibility index (Phi) is 3.60. The van der Waals surface area contributed by atoms with Gasteiger partial charge in [0.2, 0.25) is 0 Å². The number of rotatable bonds is 1. The predicted octanol–water partition coefficient (Wildman–Crippen LogP) is 7.71. The molecule has 0 radical (unpaired) electrons. The number of aromatic nitrogens is 2. The minimum atomic E-state index is 0.0292. The van der Waals surface area contributed by atoms with Gasteiger partial charge in [-0.15, -0.1) is 11.3 Å². The molecule has 3 aromatic carbocycles. The molecule has 0 saturated carbocycles. The number of furan rings is 1. The third kappa shape index (κ3) is 2.57. The van der Waals surface area contributed by atoms with Gasteiger partial charge in [-0.25, -0.2) is 9.97 Å². The zero-order chi connectivity index (χ0) is 20.5. The Labute approximate surface area is 178 Å². The van der Waals surface area contributed by atoms with Crippen molar-refractivity contribution in [2.45, 2.75) is 26.2 Å². The summed E-state index contributed by atoms with van der Waals surface area (Å²) in [5.41, 5.74) is 4.40. The van der Waals surface area contributed by atoms with Crippen molar-refractivity contribution in [2.24, 2.45) is 0 Å². The molecule has 0 saturated heterocycles. The molecule has 146 valence electrons. The van der Waals surface area contributed by atoms with Crippen molar-refractivity contribution in [3.8, 4) is 11.3 Å². The van der Waals surface area contributed by atoms with Gasteiger partial charge in [-0.2, -0.15) is 0 Å². The third-order valence-electron chi connectivity index (χ3n) is 5.79. The second kappa shape index (κ2) is 6.13. The zero-order valence-electron chi connectivity index (χ0n) is 17.1. The van der Waals surface area contributed by atoms with Gasteiger partial charge in [-0.05, 0) is 52.1 Å². The molecule has 0 amide bonds.